The minimum absolute atomic E-state index is 0.0780. The lowest BCUT2D eigenvalue weighted by atomic mass is 10.1. The summed E-state index contributed by atoms with van der Waals surface area (Å²) in [5.74, 6) is -1.13. The Balaban J connectivity index is 1.80. The van der Waals surface area contributed by atoms with Gasteiger partial charge in [0, 0.05) is 35.4 Å². The minimum atomic E-state index is -0.747. The Labute approximate surface area is 194 Å². The van der Waals surface area contributed by atoms with Crippen LogP contribution < -0.4 is 9.47 Å². The molecule has 174 valence electrons. The van der Waals surface area contributed by atoms with E-state index in [2.05, 4.69) is 0 Å². The number of aryl methyl sites for hydroxylation is 2. The second kappa shape index (κ2) is 10.3. The Hall–Kier alpha value is -4.60. The van der Waals surface area contributed by atoms with E-state index in [0.717, 1.165) is 0 Å². The van der Waals surface area contributed by atoms with Crippen LogP contribution in [0, 0.1) is 20.2 Å². The molecule has 0 aliphatic heterocycles. The molecule has 0 saturated carbocycles. The van der Waals surface area contributed by atoms with Crippen molar-refractivity contribution in [3.05, 3.63) is 103 Å². The highest BCUT2D eigenvalue weighted by molar-refractivity contribution is 5.97. The van der Waals surface area contributed by atoms with Gasteiger partial charge in [0.25, 0.3) is 11.4 Å². The highest BCUT2D eigenvalue weighted by Crippen LogP contribution is 2.27. The van der Waals surface area contributed by atoms with Crippen LogP contribution >= 0.6 is 0 Å². The first-order chi connectivity index (χ1) is 16.2. The average molecular weight is 464 g/mol. The van der Waals surface area contributed by atoms with Gasteiger partial charge in [0.2, 0.25) is 0 Å². The number of esters is 2. The third kappa shape index (κ3) is 5.41. The smallest absolute Gasteiger partial charge is 0.343 e. The second-order valence-electron chi connectivity index (χ2n) is 7.17. The zero-order valence-corrected chi connectivity index (χ0v) is 18.3. The molecule has 0 unspecified atom stereocenters. The largest absolute Gasteiger partial charge is 0.423 e. The molecule has 0 aliphatic carbocycles. The molecule has 0 N–H and O–H groups in total. The molecular weight excluding hydrogens is 444 g/mol. The van der Waals surface area contributed by atoms with Gasteiger partial charge in [-0.3, -0.25) is 20.2 Å². The quantitative estimate of drug-likeness (QED) is 0.195. The number of hydrogen-bond donors (Lipinski definition) is 0. The first kappa shape index (κ1) is 24.1. The number of hydrogen-bond acceptors (Lipinski definition) is 8. The second-order valence-corrected chi connectivity index (χ2v) is 7.17. The third-order valence-corrected chi connectivity index (χ3v) is 5.01. The van der Waals surface area contributed by atoms with Gasteiger partial charge in [-0.25, -0.2) is 9.59 Å². The van der Waals surface area contributed by atoms with Crippen molar-refractivity contribution in [2.24, 2.45) is 0 Å². The topological polar surface area (TPSA) is 139 Å². The summed E-state index contributed by atoms with van der Waals surface area (Å²) < 4.78 is 10.8. The molecule has 0 heterocycles. The maximum absolute atomic E-state index is 12.7. The fourth-order valence-corrected chi connectivity index (χ4v) is 3.20. The maximum Gasteiger partial charge on any atom is 0.343 e. The van der Waals surface area contributed by atoms with Gasteiger partial charge in [-0.05, 0) is 43.2 Å². The van der Waals surface area contributed by atoms with Crippen LogP contribution in [0.3, 0.4) is 0 Å². The molecule has 0 atom stereocenters. The number of non-ortho nitro benzene ring substituents is 2. The number of carbonyl (C=O) groups is 2. The van der Waals surface area contributed by atoms with Crippen molar-refractivity contribution in [3.8, 4) is 11.5 Å². The zero-order valence-electron chi connectivity index (χ0n) is 18.3. The van der Waals surface area contributed by atoms with Crippen molar-refractivity contribution in [3.63, 3.8) is 0 Å². The predicted octanol–water partition coefficient (Wildman–Crippen LogP) is 5.07. The van der Waals surface area contributed by atoms with Crippen LogP contribution in [-0.4, -0.2) is 21.8 Å². The molecule has 3 aromatic rings. The number of carbonyl (C=O) groups excluding carboxylic acids is 2. The lowest BCUT2D eigenvalue weighted by Gasteiger charge is -2.11. The van der Waals surface area contributed by atoms with E-state index in [1.807, 2.05) is 0 Å². The van der Waals surface area contributed by atoms with Crippen LogP contribution in [0.15, 0.2) is 60.7 Å². The summed E-state index contributed by atoms with van der Waals surface area (Å²) >= 11 is 0. The molecule has 0 fully saturated rings. The fraction of sp³-hybridized carbons (Fsp3) is 0.167. The van der Waals surface area contributed by atoms with Gasteiger partial charge in [-0.1, -0.05) is 19.9 Å². The van der Waals surface area contributed by atoms with Crippen LogP contribution in [0.2, 0.25) is 0 Å². The van der Waals surface area contributed by atoms with Crippen molar-refractivity contribution >= 4 is 23.3 Å². The number of nitro benzene ring substituents is 2. The molecule has 3 rings (SSSR count). The van der Waals surface area contributed by atoms with Crippen molar-refractivity contribution in [2.45, 2.75) is 26.7 Å². The number of ether oxygens (including phenoxy) is 2. The van der Waals surface area contributed by atoms with Crippen LogP contribution in [0.4, 0.5) is 11.4 Å². The van der Waals surface area contributed by atoms with E-state index < -0.39 is 21.8 Å². The standard InChI is InChI=1S/C24H20N2O8/c1-3-15-13-19(25(29)30)8-10-21(15)33-23(27)17-6-5-7-18(12-17)24(28)34-22-11-9-20(26(31)32)14-16(22)4-2/h5-14H,3-4H2,1-2H3. The molecule has 10 nitrogen and oxygen atoms in total. The first-order valence-electron chi connectivity index (χ1n) is 10.3. The van der Waals surface area contributed by atoms with Gasteiger partial charge in [0.05, 0.1) is 21.0 Å². The SMILES string of the molecule is CCc1cc([N+](=O)[O-])ccc1OC(=O)c1cccc(C(=O)Oc2ccc([N+](=O)[O-])cc2CC)c1. The minimum Gasteiger partial charge on any atom is -0.423 e. The zero-order chi connectivity index (χ0) is 24.8. The van der Waals surface area contributed by atoms with E-state index in [1.165, 1.54) is 60.7 Å². The molecule has 10 heteroatoms. The van der Waals surface area contributed by atoms with Crippen molar-refractivity contribution in [1.29, 1.82) is 0 Å². The molecule has 0 saturated heterocycles. The molecule has 0 bridgehead atoms. The van der Waals surface area contributed by atoms with E-state index in [-0.39, 0.29) is 34.0 Å². The van der Waals surface area contributed by atoms with Gasteiger partial charge in [0.1, 0.15) is 11.5 Å². The summed E-state index contributed by atoms with van der Waals surface area (Å²) in [6.07, 6.45) is 0.817. The van der Waals surface area contributed by atoms with Crippen LogP contribution in [0.25, 0.3) is 0 Å². The van der Waals surface area contributed by atoms with E-state index in [9.17, 15) is 29.8 Å². The molecule has 0 amide bonds. The molecular formula is C24H20N2O8. The highest BCUT2D eigenvalue weighted by atomic mass is 16.6. The monoisotopic (exact) mass is 464 g/mol. The first-order valence-corrected chi connectivity index (χ1v) is 10.3. The summed E-state index contributed by atoms with van der Waals surface area (Å²) in [6, 6.07) is 13.6. The Morgan fingerprint density at radius 3 is 1.47 bits per heavy atom. The number of benzene rings is 3. The third-order valence-electron chi connectivity index (χ3n) is 5.01. The molecule has 34 heavy (non-hydrogen) atoms. The normalized spacial score (nSPS) is 10.4. The van der Waals surface area contributed by atoms with E-state index >= 15 is 0 Å². The molecule has 0 aliphatic rings. The van der Waals surface area contributed by atoms with Gasteiger partial charge in [-0.2, -0.15) is 0 Å². The fourth-order valence-electron chi connectivity index (χ4n) is 3.20. The van der Waals surface area contributed by atoms with E-state index in [0.29, 0.717) is 24.0 Å². The highest BCUT2D eigenvalue weighted by Gasteiger charge is 2.18. The number of nitrogens with zero attached hydrogens (tertiary/aromatic N) is 2. The Morgan fingerprint density at radius 1 is 0.706 bits per heavy atom. The summed E-state index contributed by atoms with van der Waals surface area (Å²) in [6.45, 7) is 3.55. The van der Waals surface area contributed by atoms with Gasteiger partial charge >= 0.3 is 11.9 Å². The maximum atomic E-state index is 12.7. The molecule has 0 aromatic heterocycles. The van der Waals surface area contributed by atoms with Gasteiger partial charge in [0.15, 0.2) is 0 Å². The summed E-state index contributed by atoms with van der Waals surface area (Å²) in [4.78, 5) is 46.2. The summed E-state index contributed by atoms with van der Waals surface area (Å²) in [5, 5.41) is 21.9. The molecule has 0 radical (unpaired) electrons. The molecule has 0 spiro atoms. The van der Waals surface area contributed by atoms with Gasteiger partial charge in [-0.15, -0.1) is 0 Å². The van der Waals surface area contributed by atoms with Crippen molar-refractivity contribution in [1.82, 2.24) is 0 Å². The van der Waals surface area contributed by atoms with Crippen LogP contribution in [-0.2, 0) is 12.8 Å². The molecule has 3 aromatic carbocycles. The Morgan fingerprint density at radius 2 is 1.12 bits per heavy atom. The Kier molecular flexibility index (Phi) is 7.32. The van der Waals surface area contributed by atoms with Crippen molar-refractivity contribution in [2.75, 3.05) is 0 Å². The lowest BCUT2D eigenvalue weighted by Crippen LogP contribution is -2.13. The van der Waals surface area contributed by atoms with Crippen LogP contribution in [0.1, 0.15) is 45.7 Å². The van der Waals surface area contributed by atoms with E-state index in [4.69, 9.17) is 9.47 Å². The van der Waals surface area contributed by atoms with E-state index in [1.54, 1.807) is 13.8 Å². The van der Waals surface area contributed by atoms with Gasteiger partial charge < -0.3 is 9.47 Å². The number of nitro groups is 2. The van der Waals surface area contributed by atoms with Crippen LogP contribution in [0.5, 0.6) is 11.5 Å². The summed E-state index contributed by atoms with van der Waals surface area (Å²) in [7, 11) is 0. The summed E-state index contributed by atoms with van der Waals surface area (Å²) in [5.41, 5.74) is 0.911. The van der Waals surface area contributed by atoms with Crippen molar-refractivity contribution < 1.29 is 28.9 Å². The Bertz CT molecular complexity index is 1190. The number of rotatable bonds is 8. The average Bonchev–Trinajstić information content (AvgIpc) is 2.84. The lowest BCUT2D eigenvalue weighted by molar-refractivity contribution is -0.385. The predicted molar refractivity (Wildman–Crippen MR) is 121 cm³/mol.